The van der Waals surface area contributed by atoms with E-state index in [0.717, 1.165) is 53.2 Å². The minimum Gasteiger partial charge on any atom is -0.493 e. The molecule has 1 aromatic carbocycles. The molecule has 0 radical (unpaired) electrons. The van der Waals surface area contributed by atoms with Crippen LogP contribution in [0, 0.1) is 0 Å². The number of nitrogens with one attached hydrogen (secondary N) is 2. The van der Waals surface area contributed by atoms with Crippen LogP contribution in [0.4, 0.5) is 0 Å². The Hall–Kier alpha value is -1.33. The molecule has 4 nitrogen and oxygen atoms in total. The first kappa shape index (κ1) is 12.7. The summed E-state index contributed by atoms with van der Waals surface area (Å²) in [5.74, 6) is 1.01. The molecule has 0 amide bonds. The number of aromatic amines is 1. The van der Waals surface area contributed by atoms with Crippen LogP contribution in [-0.4, -0.2) is 30.4 Å². The molecule has 2 heterocycles. The second-order valence-electron chi connectivity index (χ2n) is 4.64. The van der Waals surface area contributed by atoms with E-state index in [1.54, 1.807) is 0 Å². The molecule has 3 rings (SSSR count). The highest BCUT2D eigenvalue weighted by Gasteiger charge is 2.16. The summed E-state index contributed by atoms with van der Waals surface area (Å²) in [4.78, 5) is 0. The molecule has 0 aliphatic carbocycles. The Labute approximate surface area is 120 Å². The first-order valence-corrected chi connectivity index (χ1v) is 7.22. The highest BCUT2D eigenvalue weighted by molar-refractivity contribution is 9.10. The Morgan fingerprint density at radius 2 is 2.37 bits per heavy atom. The molecule has 0 atom stereocenters. The van der Waals surface area contributed by atoms with Crippen molar-refractivity contribution in [2.75, 3.05) is 20.2 Å². The minimum absolute atomic E-state index is 0.786. The molecule has 0 fully saturated rings. The number of fused-ring (bicyclic) bond motifs is 1. The van der Waals surface area contributed by atoms with Crippen LogP contribution in [0.5, 0.6) is 5.75 Å². The van der Waals surface area contributed by atoms with Crippen LogP contribution in [0.15, 0.2) is 22.7 Å². The Morgan fingerprint density at radius 3 is 3.21 bits per heavy atom. The van der Waals surface area contributed by atoms with Crippen LogP contribution < -0.4 is 10.1 Å². The monoisotopic (exact) mass is 321 g/mol. The van der Waals surface area contributed by atoms with Gasteiger partial charge in [0.05, 0.1) is 16.8 Å². The van der Waals surface area contributed by atoms with Crippen molar-refractivity contribution in [1.29, 1.82) is 0 Å². The number of likely N-dealkylation sites (N-methyl/N-ethyl adjacent to an activating group) is 1. The molecule has 2 aromatic rings. The third-order valence-electron chi connectivity index (χ3n) is 3.36. The Kier molecular flexibility index (Phi) is 3.57. The van der Waals surface area contributed by atoms with E-state index in [1.165, 1.54) is 5.56 Å². The number of halogens is 1. The predicted molar refractivity (Wildman–Crippen MR) is 78.6 cm³/mol. The molecule has 0 bridgehead atoms. The van der Waals surface area contributed by atoms with Gasteiger partial charge in [-0.2, -0.15) is 5.10 Å². The lowest BCUT2D eigenvalue weighted by molar-refractivity contribution is 0.357. The standard InChI is InChI=1S/C14H16BrN3O/c1-16-6-4-11-13(15)14(18-17-11)10-2-3-12-9(8-10)5-7-19-12/h2-3,8,16H,4-7H2,1H3,(H,17,18). The summed E-state index contributed by atoms with van der Waals surface area (Å²) in [5.41, 5.74) is 4.49. The fourth-order valence-corrected chi connectivity index (χ4v) is 2.91. The van der Waals surface area contributed by atoms with E-state index in [0.29, 0.717) is 0 Å². The summed E-state index contributed by atoms with van der Waals surface area (Å²) >= 11 is 3.65. The fraction of sp³-hybridized carbons (Fsp3) is 0.357. The van der Waals surface area contributed by atoms with Crippen LogP contribution in [0.1, 0.15) is 11.3 Å². The summed E-state index contributed by atoms with van der Waals surface area (Å²) in [6.45, 7) is 1.71. The van der Waals surface area contributed by atoms with Gasteiger partial charge in [-0.25, -0.2) is 0 Å². The van der Waals surface area contributed by atoms with Crippen molar-refractivity contribution in [2.24, 2.45) is 0 Å². The Morgan fingerprint density at radius 1 is 1.47 bits per heavy atom. The van der Waals surface area contributed by atoms with Gasteiger partial charge in [-0.3, -0.25) is 5.10 Å². The van der Waals surface area contributed by atoms with Gasteiger partial charge in [-0.1, -0.05) is 0 Å². The molecule has 0 saturated carbocycles. The molecule has 0 unspecified atom stereocenters. The van der Waals surface area contributed by atoms with Crippen LogP contribution in [0.2, 0.25) is 0 Å². The average Bonchev–Trinajstić information content (AvgIpc) is 3.02. The minimum atomic E-state index is 0.786. The summed E-state index contributed by atoms with van der Waals surface area (Å²) in [6, 6.07) is 6.27. The SMILES string of the molecule is CNCCc1[nH]nc(-c2ccc3c(c2)CCO3)c1Br. The van der Waals surface area contributed by atoms with Gasteiger partial charge >= 0.3 is 0 Å². The van der Waals surface area contributed by atoms with Gasteiger partial charge in [0, 0.05) is 24.9 Å². The quantitative estimate of drug-likeness (QED) is 0.909. The smallest absolute Gasteiger partial charge is 0.122 e. The number of rotatable bonds is 4. The molecule has 1 aliphatic rings. The third kappa shape index (κ3) is 2.40. The van der Waals surface area contributed by atoms with Crippen LogP contribution >= 0.6 is 15.9 Å². The molecule has 1 aliphatic heterocycles. The predicted octanol–water partition coefficient (Wildman–Crippen LogP) is 2.54. The van der Waals surface area contributed by atoms with Gasteiger partial charge in [0.15, 0.2) is 0 Å². The van der Waals surface area contributed by atoms with Gasteiger partial charge in [0.2, 0.25) is 0 Å². The van der Waals surface area contributed by atoms with Gasteiger partial charge in [0.1, 0.15) is 11.4 Å². The van der Waals surface area contributed by atoms with Crippen molar-refractivity contribution < 1.29 is 4.74 Å². The number of benzene rings is 1. The maximum Gasteiger partial charge on any atom is 0.122 e. The second kappa shape index (κ2) is 5.35. The lowest BCUT2D eigenvalue weighted by Gasteiger charge is -2.02. The van der Waals surface area contributed by atoms with Crippen LogP contribution in [-0.2, 0) is 12.8 Å². The number of nitrogens with zero attached hydrogens (tertiary/aromatic N) is 1. The molecular weight excluding hydrogens is 306 g/mol. The number of hydrogen-bond acceptors (Lipinski definition) is 3. The van der Waals surface area contributed by atoms with Crippen molar-refractivity contribution in [2.45, 2.75) is 12.8 Å². The fourth-order valence-electron chi connectivity index (χ4n) is 2.31. The highest BCUT2D eigenvalue weighted by Crippen LogP contribution is 2.33. The number of ether oxygens (including phenoxy) is 1. The molecular formula is C14H16BrN3O. The summed E-state index contributed by atoms with van der Waals surface area (Å²) in [6.07, 6.45) is 1.91. The highest BCUT2D eigenvalue weighted by atomic mass is 79.9. The van der Waals surface area contributed by atoms with Crippen molar-refractivity contribution >= 4 is 15.9 Å². The van der Waals surface area contributed by atoms with Gasteiger partial charge < -0.3 is 10.1 Å². The van der Waals surface area contributed by atoms with Crippen molar-refractivity contribution in [3.05, 3.63) is 33.9 Å². The van der Waals surface area contributed by atoms with Gasteiger partial charge in [0.25, 0.3) is 0 Å². The van der Waals surface area contributed by atoms with E-state index in [4.69, 9.17) is 4.74 Å². The second-order valence-corrected chi connectivity index (χ2v) is 5.43. The number of H-pyrrole nitrogens is 1. The van der Waals surface area contributed by atoms with Crippen LogP contribution in [0.3, 0.4) is 0 Å². The van der Waals surface area contributed by atoms with E-state index < -0.39 is 0 Å². The van der Waals surface area contributed by atoms with E-state index in [1.807, 2.05) is 13.1 Å². The zero-order valence-corrected chi connectivity index (χ0v) is 12.4. The zero-order valence-electron chi connectivity index (χ0n) is 10.8. The van der Waals surface area contributed by atoms with E-state index >= 15 is 0 Å². The average molecular weight is 322 g/mol. The Bertz CT molecular complexity index is 594. The van der Waals surface area contributed by atoms with Gasteiger partial charge in [-0.05, 0) is 46.7 Å². The molecule has 19 heavy (non-hydrogen) atoms. The Balaban J connectivity index is 1.92. The third-order valence-corrected chi connectivity index (χ3v) is 4.22. The molecule has 5 heteroatoms. The van der Waals surface area contributed by atoms with Gasteiger partial charge in [-0.15, -0.1) is 0 Å². The normalized spacial score (nSPS) is 13.4. The lowest BCUT2D eigenvalue weighted by atomic mass is 10.1. The summed E-state index contributed by atoms with van der Waals surface area (Å²) in [5, 5.41) is 10.7. The zero-order chi connectivity index (χ0) is 13.2. The maximum absolute atomic E-state index is 5.53. The molecule has 1 aromatic heterocycles. The van der Waals surface area contributed by atoms with E-state index in [2.05, 4.69) is 43.6 Å². The molecule has 2 N–H and O–H groups in total. The van der Waals surface area contributed by atoms with Crippen molar-refractivity contribution in [1.82, 2.24) is 15.5 Å². The summed E-state index contributed by atoms with van der Waals surface area (Å²) < 4.78 is 6.59. The molecule has 100 valence electrons. The number of hydrogen-bond donors (Lipinski definition) is 2. The topological polar surface area (TPSA) is 49.9 Å². The molecule has 0 saturated heterocycles. The first-order valence-electron chi connectivity index (χ1n) is 6.43. The number of aromatic nitrogens is 2. The van der Waals surface area contributed by atoms with E-state index in [9.17, 15) is 0 Å². The van der Waals surface area contributed by atoms with Crippen molar-refractivity contribution in [3.8, 4) is 17.0 Å². The summed E-state index contributed by atoms with van der Waals surface area (Å²) in [7, 11) is 1.95. The van der Waals surface area contributed by atoms with Crippen LogP contribution in [0.25, 0.3) is 11.3 Å². The maximum atomic E-state index is 5.53. The van der Waals surface area contributed by atoms with E-state index in [-0.39, 0.29) is 0 Å². The first-order chi connectivity index (χ1) is 9.29. The lowest BCUT2D eigenvalue weighted by Crippen LogP contribution is -2.10. The largest absolute Gasteiger partial charge is 0.493 e. The van der Waals surface area contributed by atoms with Crippen molar-refractivity contribution in [3.63, 3.8) is 0 Å². The molecule has 0 spiro atoms.